The van der Waals surface area contributed by atoms with Crippen LogP contribution in [0, 0.1) is 5.92 Å². The Kier molecular flexibility index (Phi) is 6.16. The summed E-state index contributed by atoms with van der Waals surface area (Å²) in [7, 11) is 1.50. The molecule has 0 radical (unpaired) electrons. The van der Waals surface area contributed by atoms with E-state index in [1.54, 1.807) is 13.8 Å². The molecule has 0 bridgehead atoms. The van der Waals surface area contributed by atoms with Crippen LogP contribution in [0.25, 0.3) is 0 Å². The van der Waals surface area contributed by atoms with Crippen LogP contribution in [0.2, 0.25) is 0 Å². The molecule has 100 valence electrons. The molecule has 0 aromatic heterocycles. The van der Waals surface area contributed by atoms with Gasteiger partial charge in [0.15, 0.2) is 0 Å². The van der Waals surface area contributed by atoms with Crippen molar-refractivity contribution in [3.8, 4) is 0 Å². The first-order valence-electron chi connectivity index (χ1n) is 5.89. The Hall–Kier alpha value is -1.10. The largest absolute Gasteiger partial charge is 0.481 e. The number of carbonyl (C=O) groups is 2. The van der Waals surface area contributed by atoms with Crippen molar-refractivity contribution >= 4 is 11.9 Å². The second kappa shape index (κ2) is 6.59. The summed E-state index contributed by atoms with van der Waals surface area (Å²) in [5.74, 6) is -1.62. The van der Waals surface area contributed by atoms with Crippen molar-refractivity contribution < 1.29 is 19.4 Å². The zero-order valence-corrected chi connectivity index (χ0v) is 11.3. The number of rotatable bonds is 7. The Balaban J connectivity index is 4.77. The summed E-state index contributed by atoms with van der Waals surface area (Å²) in [4.78, 5) is 24.6. The highest BCUT2D eigenvalue weighted by molar-refractivity contribution is 5.85. The Morgan fingerprint density at radius 3 is 2.24 bits per heavy atom. The van der Waals surface area contributed by atoms with Gasteiger partial charge in [-0.3, -0.25) is 9.59 Å². The first-order valence-corrected chi connectivity index (χ1v) is 5.89. The van der Waals surface area contributed by atoms with Crippen LogP contribution in [0.15, 0.2) is 0 Å². The molecule has 0 aliphatic carbocycles. The Labute approximate surface area is 103 Å². The Morgan fingerprint density at radius 2 is 1.94 bits per heavy atom. The number of hydrogen-bond acceptors (Lipinski definition) is 3. The average molecular weight is 245 g/mol. The van der Waals surface area contributed by atoms with E-state index in [1.165, 1.54) is 12.0 Å². The number of ether oxygens (including phenoxy) is 1. The smallest absolute Gasteiger partial charge is 0.308 e. The van der Waals surface area contributed by atoms with E-state index in [2.05, 4.69) is 0 Å². The first-order chi connectivity index (χ1) is 7.82. The normalized spacial score (nSPS) is 16.1. The number of carbonyl (C=O) groups excluding carboxylic acids is 1. The molecule has 17 heavy (non-hydrogen) atoms. The molecule has 0 aliphatic rings. The number of hydrogen-bond donors (Lipinski definition) is 1. The molecule has 2 atom stereocenters. The van der Waals surface area contributed by atoms with Gasteiger partial charge < -0.3 is 14.7 Å². The van der Waals surface area contributed by atoms with E-state index in [9.17, 15) is 9.59 Å². The molecule has 1 N–H and O–H groups in total. The van der Waals surface area contributed by atoms with Crippen LogP contribution in [0.5, 0.6) is 0 Å². The summed E-state index contributed by atoms with van der Waals surface area (Å²) in [6, 6.07) is 0. The zero-order chi connectivity index (χ0) is 13.6. The zero-order valence-electron chi connectivity index (χ0n) is 11.3. The fourth-order valence-corrected chi connectivity index (χ4v) is 1.48. The molecule has 0 rings (SSSR count). The molecule has 0 aliphatic heterocycles. The van der Waals surface area contributed by atoms with Gasteiger partial charge in [0.25, 0.3) is 5.91 Å². The van der Waals surface area contributed by atoms with E-state index < -0.39 is 17.5 Å². The van der Waals surface area contributed by atoms with Gasteiger partial charge in [-0.1, -0.05) is 13.8 Å². The third kappa shape index (κ3) is 4.00. The van der Waals surface area contributed by atoms with Gasteiger partial charge in [-0.15, -0.1) is 0 Å². The summed E-state index contributed by atoms with van der Waals surface area (Å²) in [6.45, 7) is 7.71. The molecule has 5 heteroatoms. The lowest BCUT2D eigenvalue weighted by Gasteiger charge is -2.33. The minimum Gasteiger partial charge on any atom is -0.481 e. The fraction of sp³-hybridized carbons (Fsp3) is 0.833. The van der Waals surface area contributed by atoms with E-state index in [1.807, 2.05) is 13.8 Å². The maximum Gasteiger partial charge on any atom is 0.308 e. The van der Waals surface area contributed by atoms with Crippen LogP contribution < -0.4 is 0 Å². The number of likely N-dealkylation sites (N-methyl/N-ethyl adjacent to an activating group) is 1. The molecule has 0 spiro atoms. The monoisotopic (exact) mass is 245 g/mol. The average Bonchev–Trinajstić information content (AvgIpc) is 2.33. The van der Waals surface area contributed by atoms with Gasteiger partial charge in [0, 0.05) is 20.2 Å². The quantitative estimate of drug-likeness (QED) is 0.735. The van der Waals surface area contributed by atoms with Gasteiger partial charge in [0.05, 0.1) is 5.92 Å². The van der Waals surface area contributed by atoms with E-state index in [-0.39, 0.29) is 12.5 Å². The van der Waals surface area contributed by atoms with Gasteiger partial charge in [0.1, 0.15) is 5.60 Å². The maximum absolute atomic E-state index is 12.2. The fourth-order valence-electron chi connectivity index (χ4n) is 1.48. The first kappa shape index (κ1) is 15.9. The van der Waals surface area contributed by atoms with Crippen LogP contribution >= 0.6 is 0 Å². The van der Waals surface area contributed by atoms with Crippen LogP contribution in [0.4, 0.5) is 0 Å². The molecule has 0 aromatic carbocycles. The summed E-state index contributed by atoms with van der Waals surface area (Å²) < 4.78 is 5.23. The maximum atomic E-state index is 12.2. The standard InChI is InChI=1S/C12H23NO4/c1-6-12(4,17-5)11(16)13(7-2)8-9(3)10(14)15/h9H,6-8H2,1-5H3,(H,14,15). The van der Waals surface area contributed by atoms with Crippen molar-refractivity contribution in [2.24, 2.45) is 5.92 Å². The molecular formula is C12H23NO4. The van der Waals surface area contributed by atoms with Gasteiger partial charge >= 0.3 is 5.97 Å². The second-order valence-corrected chi connectivity index (χ2v) is 4.37. The van der Waals surface area contributed by atoms with Gasteiger partial charge in [-0.2, -0.15) is 0 Å². The molecule has 0 saturated heterocycles. The van der Waals surface area contributed by atoms with Crippen molar-refractivity contribution in [2.45, 2.75) is 39.7 Å². The number of amides is 1. The highest BCUT2D eigenvalue weighted by Crippen LogP contribution is 2.18. The van der Waals surface area contributed by atoms with Crippen LogP contribution in [0.3, 0.4) is 0 Å². The summed E-state index contributed by atoms with van der Waals surface area (Å²) in [5.41, 5.74) is -0.867. The van der Waals surface area contributed by atoms with Crippen LogP contribution in [-0.2, 0) is 14.3 Å². The lowest BCUT2D eigenvalue weighted by atomic mass is 10.0. The molecular weight excluding hydrogens is 222 g/mol. The summed E-state index contributed by atoms with van der Waals surface area (Å²) >= 11 is 0. The van der Waals surface area contributed by atoms with Crippen molar-refractivity contribution in [3.05, 3.63) is 0 Å². The molecule has 0 aromatic rings. The lowest BCUT2D eigenvalue weighted by Crippen LogP contribution is -2.49. The molecule has 1 amide bonds. The third-order valence-electron chi connectivity index (χ3n) is 3.16. The SMILES string of the molecule is CCN(CC(C)C(=O)O)C(=O)C(C)(CC)OC. The third-order valence-corrected chi connectivity index (χ3v) is 3.16. The minimum atomic E-state index is -0.896. The van der Waals surface area contributed by atoms with Gasteiger partial charge in [-0.25, -0.2) is 0 Å². The van der Waals surface area contributed by atoms with Crippen molar-refractivity contribution in [3.63, 3.8) is 0 Å². The second-order valence-electron chi connectivity index (χ2n) is 4.37. The number of carboxylic acid groups (broad SMARTS) is 1. The molecule has 5 nitrogen and oxygen atoms in total. The lowest BCUT2D eigenvalue weighted by molar-refractivity contribution is -0.155. The van der Waals surface area contributed by atoms with E-state index >= 15 is 0 Å². The molecule has 0 saturated carbocycles. The highest BCUT2D eigenvalue weighted by atomic mass is 16.5. The summed E-state index contributed by atoms with van der Waals surface area (Å²) in [6.07, 6.45) is 0.556. The summed E-state index contributed by atoms with van der Waals surface area (Å²) in [5, 5.41) is 8.86. The van der Waals surface area contributed by atoms with Crippen LogP contribution in [0.1, 0.15) is 34.1 Å². The Morgan fingerprint density at radius 1 is 1.41 bits per heavy atom. The predicted molar refractivity (Wildman–Crippen MR) is 64.8 cm³/mol. The van der Waals surface area contributed by atoms with Gasteiger partial charge in [-0.05, 0) is 20.3 Å². The number of aliphatic carboxylic acids is 1. The number of carboxylic acids is 1. The van der Waals surface area contributed by atoms with E-state index in [0.717, 1.165) is 0 Å². The van der Waals surface area contributed by atoms with Crippen molar-refractivity contribution in [1.82, 2.24) is 4.90 Å². The topological polar surface area (TPSA) is 66.8 Å². The number of methoxy groups -OCH3 is 1. The predicted octanol–water partition coefficient (Wildman–Crippen LogP) is 1.37. The van der Waals surface area contributed by atoms with E-state index in [4.69, 9.17) is 9.84 Å². The Bertz CT molecular complexity index is 274. The van der Waals surface area contributed by atoms with Crippen molar-refractivity contribution in [1.29, 1.82) is 0 Å². The number of nitrogens with zero attached hydrogens (tertiary/aromatic N) is 1. The molecule has 2 unspecified atom stereocenters. The van der Waals surface area contributed by atoms with Crippen molar-refractivity contribution in [2.75, 3.05) is 20.2 Å². The molecule has 0 fully saturated rings. The highest BCUT2D eigenvalue weighted by Gasteiger charge is 2.35. The molecule has 0 heterocycles. The van der Waals surface area contributed by atoms with E-state index in [0.29, 0.717) is 13.0 Å². The van der Waals surface area contributed by atoms with Gasteiger partial charge in [0.2, 0.25) is 0 Å². The van der Waals surface area contributed by atoms with Crippen LogP contribution in [-0.4, -0.2) is 47.7 Å². The minimum absolute atomic E-state index is 0.155.